The van der Waals surface area contributed by atoms with Crippen LogP contribution in [0.3, 0.4) is 0 Å². The molecule has 1 unspecified atom stereocenters. The number of hydrogen-bond donors (Lipinski definition) is 2. The number of urea groups is 1. The molecule has 1 saturated heterocycles. The van der Waals surface area contributed by atoms with E-state index in [1.165, 1.54) is 32.1 Å². The summed E-state index contributed by atoms with van der Waals surface area (Å²) in [6.45, 7) is 3.15. The highest BCUT2D eigenvalue weighted by Crippen LogP contribution is 2.28. The van der Waals surface area contributed by atoms with Gasteiger partial charge in [0.1, 0.15) is 0 Å². The number of aliphatic carboxylic acids is 1. The molecule has 0 bridgehead atoms. The van der Waals surface area contributed by atoms with E-state index >= 15 is 0 Å². The van der Waals surface area contributed by atoms with Gasteiger partial charge in [-0.05, 0) is 38.0 Å². The Balaban J connectivity index is 1.87. The lowest BCUT2D eigenvalue weighted by Crippen LogP contribution is -2.51. The Labute approximate surface area is 127 Å². The number of rotatable bonds is 4. The van der Waals surface area contributed by atoms with Crippen molar-refractivity contribution in [2.75, 3.05) is 13.1 Å². The molecule has 2 rings (SSSR count). The Morgan fingerprint density at radius 1 is 1.19 bits per heavy atom. The molecular formula is C16H28N2O3. The van der Waals surface area contributed by atoms with Crippen LogP contribution in [0.15, 0.2) is 0 Å². The van der Waals surface area contributed by atoms with E-state index in [0.29, 0.717) is 25.4 Å². The van der Waals surface area contributed by atoms with Crippen LogP contribution in [-0.4, -0.2) is 41.1 Å². The monoisotopic (exact) mass is 296 g/mol. The van der Waals surface area contributed by atoms with Crippen molar-refractivity contribution in [2.45, 2.75) is 64.3 Å². The summed E-state index contributed by atoms with van der Waals surface area (Å²) in [7, 11) is 0. The maximum absolute atomic E-state index is 12.4. The average molecular weight is 296 g/mol. The first-order chi connectivity index (χ1) is 10.1. The van der Waals surface area contributed by atoms with Gasteiger partial charge in [-0.1, -0.05) is 26.2 Å². The molecule has 0 aromatic rings. The molecular weight excluding hydrogens is 268 g/mol. The third-order valence-electron chi connectivity index (χ3n) is 5.03. The highest BCUT2D eigenvalue weighted by Gasteiger charge is 2.30. The number of carboxylic acids is 1. The molecule has 0 spiro atoms. The standard InChI is InChI=1S/C16H28N2O3/c1-2-14(12-7-4-3-5-8-12)17-16(21)18-10-6-9-13(11-18)15(19)20/h12-14H,2-11H2,1H3,(H,17,21)(H,19,20)/t13-,14?/m0/s1. The molecule has 2 N–H and O–H groups in total. The van der Waals surface area contributed by atoms with Gasteiger partial charge in [-0.3, -0.25) is 4.79 Å². The average Bonchev–Trinajstić information content (AvgIpc) is 2.53. The van der Waals surface area contributed by atoms with Crippen LogP contribution in [0.5, 0.6) is 0 Å². The molecule has 1 saturated carbocycles. The Bertz CT molecular complexity index is 367. The molecule has 1 aliphatic heterocycles. The molecule has 0 radical (unpaired) electrons. The van der Waals surface area contributed by atoms with Crippen molar-refractivity contribution in [3.05, 3.63) is 0 Å². The minimum absolute atomic E-state index is 0.0710. The Morgan fingerprint density at radius 2 is 1.90 bits per heavy atom. The second-order valence-electron chi connectivity index (χ2n) is 6.49. The van der Waals surface area contributed by atoms with Crippen molar-refractivity contribution >= 4 is 12.0 Å². The van der Waals surface area contributed by atoms with Crippen LogP contribution in [-0.2, 0) is 4.79 Å². The molecule has 2 fully saturated rings. The fraction of sp³-hybridized carbons (Fsp3) is 0.875. The SMILES string of the molecule is CCC(NC(=O)N1CCC[C@H](C(=O)O)C1)C1CCCCC1. The predicted octanol–water partition coefficient (Wildman–Crippen LogP) is 2.85. The van der Waals surface area contributed by atoms with Crippen LogP contribution in [0.4, 0.5) is 4.79 Å². The number of likely N-dealkylation sites (tertiary alicyclic amines) is 1. The van der Waals surface area contributed by atoms with E-state index in [0.717, 1.165) is 12.8 Å². The lowest BCUT2D eigenvalue weighted by Gasteiger charge is -2.35. The zero-order chi connectivity index (χ0) is 15.2. The first kappa shape index (κ1) is 16.1. The molecule has 5 heteroatoms. The van der Waals surface area contributed by atoms with Gasteiger partial charge in [-0.15, -0.1) is 0 Å². The van der Waals surface area contributed by atoms with E-state index in [4.69, 9.17) is 5.11 Å². The lowest BCUT2D eigenvalue weighted by molar-refractivity contribution is -0.143. The number of nitrogens with one attached hydrogen (secondary N) is 1. The van der Waals surface area contributed by atoms with Crippen molar-refractivity contribution in [1.29, 1.82) is 0 Å². The van der Waals surface area contributed by atoms with E-state index in [2.05, 4.69) is 12.2 Å². The number of carbonyl (C=O) groups excluding carboxylic acids is 1. The summed E-state index contributed by atoms with van der Waals surface area (Å²) >= 11 is 0. The molecule has 0 aromatic heterocycles. The second-order valence-corrected chi connectivity index (χ2v) is 6.49. The van der Waals surface area contributed by atoms with Crippen molar-refractivity contribution in [2.24, 2.45) is 11.8 Å². The van der Waals surface area contributed by atoms with Gasteiger partial charge in [-0.25, -0.2) is 4.79 Å². The topological polar surface area (TPSA) is 69.6 Å². The Kier molecular flexibility index (Phi) is 5.88. The maximum Gasteiger partial charge on any atom is 0.317 e. The van der Waals surface area contributed by atoms with Gasteiger partial charge < -0.3 is 15.3 Å². The quantitative estimate of drug-likeness (QED) is 0.838. The number of hydrogen-bond acceptors (Lipinski definition) is 2. The first-order valence-corrected chi connectivity index (χ1v) is 8.40. The van der Waals surface area contributed by atoms with Crippen molar-refractivity contribution in [3.63, 3.8) is 0 Å². The molecule has 1 heterocycles. The van der Waals surface area contributed by atoms with Gasteiger partial charge in [0.15, 0.2) is 0 Å². The zero-order valence-corrected chi connectivity index (χ0v) is 13.0. The minimum Gasteiger partial charge on any atom is -0.481 e. The number of nitrogens with zero attached hydrogens (tertiary/aromatic N) is 1. The highest BCUT2D eigenvalue weighted by atomic mass is 16.4. The number of carbonyl (C=O) groups is 2. The van der Waals surface area contributed by atoms with Crippen LogP contribution in [0, 0.1) is 11.8 Å². The molecule has 2 aliphatic rings. The summed E-state index contributed by atoms with van der Waals surface area (Å²) < 4.78 is 0. The summed E-state index contributed by atoms with van der Waals surface area (Å²) in [6.07, 6.45) is 8.67. The molecule has 21 heavy (non-hydrogen) atoms. The molecule has 120 valence electrons. The summed E-state index contributed by atoms with van der Waals surface area (Å²) in [4.78, 5) is 25.2. The molecule has 0 aromatic carbocycles. The summed E-state index contributed by atoms with van der Waals surface area (Å²) in [6, 6.07) is 0.168. The smallest absolute Gasteiger partial charge is 0.317 e. The molecule has 5 nitrogen and oxygen atoms in total. The third-order valence-corrected chi connectivity index (χ3v) is 5.03. The molecule has 2 atom stereocenters. The first-order valence-electron chi connectivity index (χ1n) is 8.40. The zero-order valence-electron chi connectivity index (χ0n) is 13.0. The van der Waals surface area contributed by atoms with Gasteiger partial charge in [0.05, 0.1) is 5.92 Å². The van der Waals surface area contributed by atoms with Gasteiger partial charge >= 0.3 is 12.0 Å². The molecule has 2 amide bonds. The van der Waals surface area contributed by atoms with Crippen LogP contribution in [0.1, 0.15) is 58.3 Å². The van der Waals surface area contributed by atoms with Crippen LogP contribution < -0.4 is 5.32 Å². The minimum atomic E-state index is -0.785. The van der Waals surface area contributed by atoms with E-state index < -0.39 is 11.9 Å². The Hall–Kier alpha value is -1.26. The normalized spacial score (nSPS) is 25.4. The van der Waals surface area contributed by atoms with Crippen LogP contribution >= 0.6 is 0 Å². The predicted molar refractivity (Wildman–Crippen MR) is 81.1 cm³/mol. The summed E-state index contributed by atoms with van der Waals surface area (Å²) in [5, 5.41) is 12.3. The number of piperidine rings is 1. The van der Waals surface area contributed by atoms with Gasteiger partial charge in [0.25, 0.3) is 0 Å². The highest BCUT2D eigenvalue weighted by molar-refractivity contribution is 5.76. The van der Waals surface area contributed by atoms with Crippen LogP contribution in [0.25, 0.3) is 0 Å². The van der Waals surface area contributed by atoms with Gasteiger partial charge in [0, 0.05) is 19.1 Å². The van der Waals surface area contributed by atoms with E-state index in [1.54, 1.807) is 4.90 Å². The fourth-order valence-electron chi connectivity index (χ4n) is 3.70. The largest absolute Gasteiger partial charge is 0.481 e. The lowest BCUT2D eigenvalue weighted by atomic mass is 9.83. The van der Waals surface area contributed by atoms with Crippen molar-refractivity contribution < 1.29 is 14.7 Å². The molecule has 1 aliphatic carbocycles. The maximum atomic E-state index is 12.4. The van der Waals surface area contributed by atoms with E-state index in [9.17, 15) is 9.59 Å². The number of amides is 2. The summed E-state index contributed by atoms with van der Waals surface area (Å²) in [5.41, 5.74) is 0. The second kappa shape index (κ2) is 7.66. The summed E-state index contributed by atoms with van der Waals surface area (Å²) in [5.74, 6) is -0.598. The van der Waals surface area contributed by atoms with Crippen molar-refractivity contribution in [1.82, 2.24) is 10.2 Å². The van der Waals surface area contributed by atoms with Gasteiger partial charge in [-0.2, -0.15) is 0 Å². The number of carboxylic acid groups (broad SMARTS) is 1. The van der Waals surface area contributed by atoms with E-state index in [-0.39, 0.29) is 12.1 Å². The van der Waals surface area contributed by atoms with E-state index in [1.807, 2.05) is 0 Å². The third kappa shape index (κ3) is 4.35. The van der Waals surface area contributed by atoms with Crippen LogP contribution in [0.2, 0.25) is 0 Å². The Morgan fingerprint density at radius 3 is 2.52 bits per heavy atom. The van der Waals surface area contributed by atoms with Gasteiger partial charge in [0.2, 0.25) is 0 Å². The van der Waals surface area contributed by atoms with Crippen molar-refractivity contribution in [3.8, 4) is 0 Å². The fourth-order valence-corrected chi connectivity index (χ4v) is 3.70.